The predicted molar refractivity (Wildman–Crippen MR) is 115 cm³/mol. The molecule has 0 aromatic heterocycles. The van der Waals surface area contributed by atoms with Gasteiger partial charge in [0.1, 0.15) is 5.75 Å². The smallest absolute Gasteiger partial charge is 0.327 e. The fourth-order valence-corrected chi connectivity index (χ4v) is 3.84. The maximum Gasteiger partial charge on any atom is 0.327 e. The van der Waals surface area contributed by atoms with Gasteiger partial charge in [0.2, 0.25) is 0 Å². The Kier molecular flexibility index (Phi) is 6.20. The van der Waals surface area contributed by atoms with Gasteiger partial charge in [-0.25, -0.2) is 0 Å². The third-order valence-corrected chi connectivity index (χ3v) is 5.56. The molecule has 2 aromatic rings. The second-order valence-electron chi connectivity index (χ2n) is 8.62. The summed E-state index contributed by atoms with van der Waals surface area (Å²) in [6.45, 7) is 6.69. The molecule has 1 atom stereocenters. The van der Waals surface area contributed by atoms with Gasteiger partial charge in [0.05, 0.1) is 7.11 Å². The summed E-state index contributed by atoms with van der Waals surface area (Å²) < 4.78 is 16.1. The van der Waals surface area contributed by atoms with Gasteiger partial charge in [0.15, 0.2) is 11.2 Å². The number of hydrogen-bond acceptors (Lipinski definition) is 6. The molecule has 31 heavy (non-hydrogen) atoms. The summed E-state index contributed by atoms with van der Waals surface area (Å²) >= 11 is 0. The summed E-state index contributed by atoms with van der Waals surface area (Å²) in [5.41, 5.74) is 0.714. The average Bonchev–Trinajstić information content (AvgIpc) is 2.72. The van der Waals surface area contributed by atoms with E-state index >= 15 is 0 Å². The van der Waals surface area contributed by atoms with Gasteiger partial charge in [-0.1, -0.05) is 48.9 Å². The van der Waals surface area contributed by atoms with Crippen LogP contribution in [0, 0.1) is 18.3 Å². The minimum absolute atomic E-state index is 0.0144. The third kappa shape index (κ3) is 4.79. The molecule has 3 rings (SSSR count). The fourth-order valence-electron chi connectivity index (χ4n) is 3.84. The Hall–Kier alpha value is -3.15. The van der Waals surface area contributed by atoms with Crippen LogP contribution in [0.2, 0.25) is 0 Å². The molecule has 0 aliphatic carbocycles. The lowest BCUT2D eigenvalue weighted by molar-refractivity contribution is -0.252. The Morgan fingerprint density at radius 1 is 0.968 bits per heavy atom. The Morgan fingerprint density at radius 2 is 1.52 bits per heavy atom. The van der Waals surface area contributed by atoms with Crippen LogP contribution in [-0.4, -0.2) is 30.6 Å². The van der Waals surface area contributed by atoms with Crippen LogP contribution in [0.1, 0.15) is 48.7 Å². The standard InChI is InChI=1S/C25H28O6/c1-16-6-10-19(11-7-16)21(26)17(2)14-25(15-18-8-12-20(29-5)13-9-18)22(27)30-24(3,4)31-23(25)28/h6-13,17H,14-15H2,1-5H3/t17-/m0/s1. The number of aryl methyl sites for hydroxylation is 1. The Morgan fingerprint density at radius 3 is 2.03 bits per heavy atom. The van der Waals surface area contributed by atoms with Crippen molar-refractivity contribution < 1.29 is 28.6 Å². The van der Waals surface area contributed by atoms with E-state index in [0.717, 1.165) is 11.1 Å². The number of carbonyl (C=O) groups excluding carboxylic acids is 3. The summed E-state index contributed by atoms with van der Waals surface area (Å²) in [7, 11) is 1.56. The van der Waals surface area contributed by atoms with E-state index in [0.29, 0.717) is 11.3 Å². The number of Topliss-reactive ketones (excluding diaryl/α,β-unsaturated/α-hetero) is 1. The van der Waals surface area contributed by atoms with E-state index in [-0.39, 0.29) is 18.6 Å². The van der Waals surface area contributed by atoms with E-state index in [1.807, 2.05) is 19.1 Å². The van der Waals surface area contributed by atoms with Gasteiger partial charge in [-0.15, -0.1) is 0 Å². The molecule has 2 aromatic carbocycles. The molecule has 0 bridgehead atoms. The molecule has 0 unspecified atom stereocenters. The lowest BCUT2D eigenvalue weighted by Crippen LogP contribution is -2.55. The lowest BCUT2D eigenvalue weighted by atomic mass is 9.73. The van der Waals surface area contributed by atoms with Crippen molar-refractivity contribution in [2.75, 3.05) is 7.11 Å². The van der Waals surface area contributed by atoms with E-state index in [1.54, 1.807) is 50.4 Å². The number of esters is 2. The third-order valence-electron chi connectivity index (χ3n) is 5.56. The zero-order valence-corrected chi connectivity index (χ0v) is 18.6. The highest BCUT2D eigenvalue weighted by molar-refractivity contribution is 6.04. The SMILES string of the molecule is COc1ccc(CC2(C[C@H](C)C(=O)c3ccc(C)cc3)C(=O)OC(C)(C)OC2=O)cc1. The topological polar surface area (TPSA) is 78.9 Å². The normalized spacial score (nSPS) is 18.0. The molecule has 6 nitrogen and oxygen atoms in total. The van der Waals surface area contributed by atoms with E-state index < -0.39 is 29.1 Å². The van der Waals surface area contributed by atoms with Crippen LogP contribution in [0.25, 0.3) is 0 Å². The molecule has 0 N–H and O–H groups in total. The minimum Gasteiger partial charge on any atom is -0.497 e. The average molecular weight is 424 g/mol. The number of methoxy groups -OCH3 is 1. The Balaban J connectivity index is 1.93. The van der Waals surface area contributed by atoms with Crippen LogP contribution in [-0.2, 0) is 25.5 Å². The molecular weight excluding hydrogens is 396 g/mol. The van der Waals surface area contributed by atoms with Crippen molar-refractivity contribution in [3.05, 3.63) is 65.2 Å². The summed E-state index contributed by atoms with van der Waals surface area (Å²) in [5, 5.41) is 0. The van der Waals surface area contributed by atoms with Gasteiger partial charge in [-0.2, -0.15) is 0 Å². The first-order chi connectivity index (χ1) is 14.6. The maximum absolute atomic E-state index is 13.1. The zero-order chi connectivity index (χ0) is 22.8. The molecule has 1 fully saturated rings. The van der Waals surface area contributed by atoms with Crippen LogP contribution < -0.4 is 4.74 Å². The number of hydrogen-bond donors (Lipinski definition) is 0. The Bertz CT molecular complexity index is 952. The van der Waals surface area contributed by atoms with E-state index in [9.17, 15) is 14.4 Å². The predicted octanol–water partition coefficient (Wildman–Crippen LogP) is 4.28. The highest BCUT2D eigenvalue weighted by Gasteiger charge is 2.57. The molecule has 164 valence electrons. The summed E-state index contributed by atoms with van der Waals surface area (Å²) in [6.07, 6.45) is 0.0513. The Labute approximate surface area is 182 Å². The molecule has 0 saturated carbocycles. The van der Waals surface area contributed by atoms with Crippen LogP contribution >= 0.6 is 0 Å². The van der Waals surface area contributed by atoms with Crippen molar-refractivity contribution in [3.8, 4) is 5.75 Å². The first-order valence-corrected chi connectivity index (χ1v) is 10.3. The molecule has 6 heteroatoms. The molecule has 1 heterocycles. The molecular formula is C25H28O6. The number of benzene rings is 2. The number of ether oxygens (including phenoxy) is 3. The second kappa shape index (κ2) is 8.53. The van der Waals surface area contributed by atoms with Gasteiger partial charge in [-0.05, 0) is 37.5 Å². The first-order valence-electron chi connectivity index (χ1n) is 10.3. The second-order valence-corrected chi connectivity index (χ2v) is 8.62. The van der Waals surface area contributed by atoms with Crippen LogP contribution in [0.3, 0.4) is 0 Å². The molecule has 0 radical (unpaired) electrons. The lowest BCUT2D eigenvalue weighted by Gasteiger charge is -2.41. The van der Waals surface area contributed by atoms with Crippen molar-refractivity contribution in [1.82, 2.24) is 0 Å². The van der Waals surface area contributed by atoms with Gasteiger partial charge < -0.3 is 14.2 Å². The molecule has 1 saturated heterocycles. The number of ketones is 1. The van der Waals surface area contributed by atoms with Gasteiger partial charge in [0, 0.05) is 25.3 Å². The number of carbonyl (C=O) groups is 3. The molecule has 1 aliphatic rings. The number of rotatable bonds is 7. The quantitative estimate of drug-likeness (QED) is 0.375. The van der Waals surface area contributed by atoms with Crippen LogP contribution in [0.4, 0.5) is 0 Å². The molecule has 0 spiro atoms. The summed E-state index contributed by atoms with van der Waals surface area (Å²) in [6, 6.07) is 14.3. The fraction of sp³-hybridized carbons (Fsp3) is 0.400. The van der Waals surface area contributed by atoms with E-state index in [2.05, 4.69) is 0 Å². The van der Waals surface area contributed by atoms with Crippen molar-refractivity contribution >= 4 is 17.7 Å². The molecule has 1 aliphatic heterocycles. The van der Waals surface area contributed by atoms with Crippen molar-refractivity contribution in [1.29, 1.82) is 0 Å². The van der Waals surface area contributed by atoms with Crippen molar-refractivity contribution in [3.63, 3.8) is 0 Å². The zero-order valence-electron chi connectivity index (χ0n) is 18.6. The van der Waals surface area contributed by atoms with E-state index in [4.69, 9.17) is 14.2 Å². The largest absolute Gasteiger partial charge is 0.497 e. The maximum atomic E-state index is 13.1. The van der Waals surface area contributed by atoms with Crippen LogP contribution in [0.5, 0.6) is 5.75 Å². The van der Waals surface area contributed by atoms with Crippen molar-refractivity contribution in [2.24, 2.45) is 11.3 Å². The van der Waals surface area contributed by atoms with E-state index in [1.165, 1.54) is 13.8 Å². The summed E-state index contributed by atoms with van der Waals surface area (Å²) in [4.78, 5) is 39.3. The highest BCUT2D eigenvalue weighted by Crippen LogP contribution is 2.41. The molecule has 0 amide bonds. The van der Waals surface area contributed by atoms with Crippen molar-refractivity contribution in [2.45, 2.75) is 46.3 Å². The van der Waals surface area contributed by atoms with Gasteiger partial charge in [-0.3, -0.25) is 14.4 Å². The number of cyclic esters (lactones) is 2. The summed E-state index contributed by atoms with van der Waals surface area (Å²) in [5.74, 6) is -2.76. The monoisotopic (exact) mass is 424 g/mol. The first kappa shape index (κ1) is 22.5. The highest BCUT2D eigenvalue weighted by atomic mass is 16.7. The van der Waals surface area contributed by atoms with Crippen LogP contribution in [0.15, 0.2) is 48.5 Å². The van der Waals surface area contributed by atoms with Gasteiger partial charge >= 0.3 is 11.9 Å². The minimum atomic E-state index is -1.61. The van der Waals surface area contributed by atoms with Gasteiger partial charge in [0.25, 0.3) is 5.79 Å².